The second-order valence-corrected chi connectivity index (χ2v) is 4.62. The minimum atomic E-state index is 0.782. The van der Waals surface area contributed by atoms with Gasteiger partial charge in [-0.1, -0.05) is 13.0 Å². The van der Waals surface area contributed by atoms with Gasteiger partial charge in [0.25, 0.3) is 0 Å². The van der Waals surface area contributed by atoms with Crippen LogP contribution in [0.3, 0.4) is 0 Å². The Morgan fingerprint density at radius 1 is 1.16 bits per heavy atom. The number of benzene rings is 1. The Labute approximate surface area is 115 Å². The second kappa shape index (κ2) is 7.74. The molecule has 1 N–H and O–H groups in total. The van der Waals surface area contributed by atoms with Gasteiger partial charge in [0.1, 0.15) is 5.75 Å². The van der Waals surface area contributed by atoms with Gasteiger partial charge in [-0.25, -0.2) is 0 Å². The molecule has 0 aliphatic heterocycles. The largest absolute Gasteiger partial charge is 0.494 e. The number of fused-ring (bicyclic) bond motifs is 1. The molecule has 2 rings (SSSR count). The minimum Gasteiger partial charge on any atom is -0.494 e. The fourth-order valence-electron chi connectivity index (χ4n) is 2.03. The molecule has 0 bridgehead atoms. The van der Waals surface area contributed by atoms with Crippen LogP contribution < -0.4 is 10.1 Å². The average Bonchev–Trinajstić information content (AvgIpc) is 2.46. The van der Waals surface area contributed by atoms with Crippen molar-refractivity contribution in [3.05, 3.63) is 36.5 Å². The SMILES string of the molecule is CCNCCCCCOc1ccc2cccnc2c1. The molecule has 0 amide bonds. The van der Waals surface area contributed by atoms with Crippen LogP contribution in [0.1, 0.15) is 26.2 Å². The van der Waals surface area contributed by atoms with Crippen molar-refractivity contribution in [2.24, 2.45) is 0 Å². The van der Waals surface area contributed by atoms with Gasteiger partial charge in [-0.2, -0.15) is 0 Å². The van der Waals surface area contributed by atoms with E-state index in [1.807, 2.05) is 24.4 Å². The first-order valence-corrected chi connectivity index (χ1v) is 7.08. The highest BCUT2D eigenvalue weighted by Crippen LogP contribution is 2.18. The van der Waals surface area contributed by atoms with Crippen LogP contribution in [-0.4, -0.2) is 24.7 Å². The van der Waals surface area contributed by atoms with Gasteiger partial charge in [-0.15, -0.1) is 0 Å². The van der Waals surface area contributed by atoms with Gasteiger partial charge < -0.3 is 10.1 Å². The van der Waals surface area contributed by atoms with Crippen molar-refractivity contribution < 1.29 is 4.74 Å². The van der Waals surface area contributed by atoms with Crippen LogP contribution >= 0.6 is 0 Å². The molecule has 19 heavy (non-hydrogen) atoms. The number of pyridine rings is 1. The van der Waals surface area contributed by atoms with E-state index < -0.39 is 0 Å². The number of ether oxygens (including phenoxy) is 1. The van der Waals surface area contributed by atoms with E-state index in [-0.39, 0.29) is 0 Å². The summed E-state index contributed by atoms with van der Waals surface area (Å²) in [6, 6.07) is 10.1. The Morgan fingerprint density at radius 2 is 2.11 bits per heavy atom. The third kappa shape index (κ3) is 4.52. The third-order valence-corrected chi connectivity index (χ3v) is 3.09. The Bertz CT molecular complexity index is 499. The number of aromatic nitrogens is 1. The Morgan fingerprint density at radius 3 is 3.00 bits per heavy atom. The molecule has 0 saturated heterocycles. The molecule has 1 heterocycles. The van der Waals surface area contributed by atoms with Crippen molar-refractivity contribution in [3.8, 4) is 5.75 Å². The quantitative estimate of drug-likeness (QED) is 0.737. The van der Waals surface area contributed by atoms with E-state index in [4.69, 9.17) is 4.74 Å². The van der Waals surface area contributed by atoms with Crippen LogP contribution in [0, 0.1) is 0 Å². The van der Waals surface area contributed by atoms with E-state index in [2.05, 4.69) is 29.4 Å². The molecule has 102 valence electrons. The van der Waals surface area contributed by atoms with Crippen molar-refractivity contribution in [2.45, 2.75) is 26.2 Å². The highest BCUT2D eigenvalue weighted by molar-refractivity contribution is 5.79. The molecule has 0 fully saturated rings. The zero-order valence-corrected chi connectivity index (χ0v) is 11.6. The lowest BCUT2D eigenvalue weighted by molar-refractivity contribution is 0.305. The Balaban J connectivity index is 1.72. The van der Waals surface area contributed by atoms with E-state index in [0.717, 1.165) is 42.8 Å². The zero-order valence-electron chi connectivity index (χ0n) is 11.6. The summed E-state index contributed by atoms with van der Waals surface area (Å²) in [7, 11) is 0. The fraction of sp³-hybridized carbons (Fsp3) is 0.438. The maximum atomic E-state index is 5.76. The number of hydrogen-bond acceptors (Lipinski definition) is 3. The highest BCUT2D eigenvalue weighted by atomic mass is 16.5. The summed E-state index contributed by atoms with van der Waals surface area (Å²) >= 11 is 0. The van der Waals surface area contributed by atoms with E-state index >= 15 is 0 Å². The minimum absolute atomic E-state index is 0.782. The van der Waals surface area contributed by atoms with Gasteiger partial charge in [0.05, 0.1) is 12.1 Å². The van der Waals surface area contributed by atoms with Crippen LogP contribution in [0.5, 0.6) is 5.75 Å². The third-order valence-electron chi connectivity index (χ3n) is 3.09. The van der Waals surface area contributed by atoms with Crippen molar-refractivity contribution in [3.63, 3.8) is 0 Å². The van der Waals surface area contributed by atoms with Gasteiger partial charge in [-0.3, -0.25) is 4.98 Å². The molecule has 0 aliphatic carbocycles. The summed E-state index contributed by atoms with van der Waals surface area (Å²) in [6.45, 7) is 5.08. The summed E-state index contributed by atoms with van der Waals surface area (Å²) < 4.78 is 5.76. The molecule has 3 heteroatoms. The first-order chi connectivity index (χ1) is 9.40. The number of unbranched alkanes of at least 4 members (excludes halogenated alkanes) is 2. The van der Waals surface area contributed by atoms with Gasteiger partial charge in [0.15, 0.2) is 0 Å². The first-order valence-electron chi connectivity index (χ1n) is 7.08. The molecule has 0 radical (unpaired) electrons. The molecular formula is C16H22N2O. The lowest BCUT2D eigenvalue weighted by atomic mass is 10.2. The van der Waals surface area contributed by atoms with Crippen LogP contribution in [0.15, 0.2) is 36.5 Å². The van der Waals surface area contributed by atoms with Gasteiger partial charge >= 0.3 is 0 Å². The summed E-state index contributed by atoms with van der Waals surface area (Å²) in [5, 5.41) is 4.48. The monoisotopic (exact) mass is 258 g/mol. The van der Waals surface area contributed by atoms with E-state index in [9.17, 15) is 0 Å². The van der Waals surface area contributed by atoms with Crippen LogP contribution in [0.2, 0.25) is 0 Å². The van der Waals surface area contributed by atoms with Gasteiger partial charge in [0.2, 0.25) is 0 Å². The first kappa shape index (κ1) is 13.8. The van der Waals surface area contributed by atoms with Crippen molar-refractivity contribution in [1.29, 1.82) is 0 Å². The molecule has 0 atom stereocenters. The lowest BCUT2D eigenvalue weighted by Crippen LogP contribution is -2.14. The van der Waals surface area contributed by atoms with Crippen molar-refractivity contribution >= 4 is 10.9 Å². The van der Waals surface area contributed by atoms with E-state index in [0.29, 0.717) is 0 Å². The van der Waals surface area contributed by atoms with Crippen molar-refractivity contribution in [1.82, 2.24) is 10.3 Å². The molecule has 1 aromatic heterocycles. The number of nitrogens with one attached hydrogen (secondary N) is 1. The topological polar surface area (TPSA) is 34.1 Å². The number of rotatable bonds is 8. The Kier molecular flexibility index (Phi) is 5.63. The summed E-state index contributed by atoms with van der Waals surface area (Å²) in [6.07, 6.45) is 5.34. The van der Waals surface area contributed by atoms with E-state index in [1.165, 1.54) is 12.8 Å². The molecule has 2 aromatic rings. The summed E-state index contributed by atoms with van der Waals surface area (Å²) in [5.74, 6) is 0.915. The maximum absolute atomic E-state index is 5.76. The maximum Gasteiger partial charge on any atom is 0.121 e. The highest BCUT2D eigenvalue weighted by Gasteiger charge is 1.98. The zero-order chi connectivity index (χ0) is 13.3. The summed E-state index contributed by atoms with van der Waals surface area (Å²) in [4.78, 5) is 4.33. The lowest BCUT2D eigenvalue weighted by Gasteiger charge is -2.07. The van der Waals surface area contributed by atoms with E-state index in [1.54, 1.807) is 0 Å². The molecule has 0 spiro atoms. The molecule has 1 aromatic carbocycles. The normalized spacial score (nSPS) is 10.8. The number of hydrogen-bond donors (Lipinski definition) is 1. The molecular weight excluding hydrogens is 236 g/mol. The number of nitrogens with zero attached hydrogens (tertiary/aromatic N) is 1. The smallest absolute Gasteiger partial charge is 0.121 e. The van der Waals surface area contributed by atoms with Crippen LogP contribution in [-0.2, 0) is 0 Å². The van der Waals surface area contributed by atoms with Gasteiger partial charge in [-0.05, 0) is 50.6 Å². The predicted molar refractivity (Wildman–Crippen MR) is 79.6 cm³/mol. The predicted octanol–water partition coefficient (Wildman–Crippen LogP) is 3.39. The average molecular weight is 258 g/mol. The molecule has 0 aliphatic rings. The van der Waals surface area contributed by atoms with Gasteiger partial charge in [0, 0.05) is 17.6 Å². The fourth-order valence-corrected chi connectivity index (χ4v) is 2.03. The van der Waals surface area contributed by atoms with Crippen LogP contribution in [0.4, 0.5) is 0 Å². The van der Waals surface area contributed by atoms with Crippen LogP contribution in [0.25, 0.3) is 10.9 Å². The molecule has 0 unspecified atom stereocenters. The second-order valence-electron chi connectivity index (χ2n) is 4.62. The Hall–Kier alpha value is -1.61. The van der Waals surface area contributed by atoms with Crippen molar-refractivity contribution in [2.75, 3.05) is 19.7 Å². The standard InChI is InChI=1S/C16H22N2O/c1-2-17-10-4-3-5-12-19-15-9-8-14-7-6-11-18-16(14)13-15/h6-9,11,13,17H,2-5,10,12H2,1H3. The molecule has 0 saturated carbocycles. The molecule has 3 nitrogen and oxygen atoms in total. The summed E-state index contributed by atoms with van der Waals surface area (Å²) in [5.41, 5.74) is 0.993.